The lowest BCUT2D eigenvalue weighted by atomic mass is 9.96. The van der Waals surface area contributed by atoms with E-state index in [1.165, 1.54) is 16.5 Å². The first kappa shape index (κ1) is 15.1. The SMILES string of the molecule is CCC(C)c1cccc2c(C)c(CNCC(C)C)oc12. The van der Waals surface area contributed by atoms with Crippen LogP contribution in [0.5, 0.6) is 0 Å². The van der Waals surface area contributed by atoms with Crippen molar-refractivity contribution in [1.82, 2.24) is 5.32 Å². The zero-order valence-electron chi connectivity index (χ0n) is 13.4. The first-order valence-electron chi connectivity index (χ1n) is 7.76. The van der Waals surface area contributed by atoms with Gasteiger partial charge in [-0.05, 0) is 42.9 Å². The number of hydrogen-bond donors (Lipinski definition) is 1. The summed E-state index contributed by atoms with van der Waals surface area (Å²) in [6, 6.07) is 6.52. The molecule has 1 unspecified atom stereocenters. The molecule has 0 aliphatic rings. The summed E-state index contributed by atoms with van der Waals surface area (Å²) in [5.74, 6) is 2.28. The van der Waals surface area contributed by atoms with Crippen LogP contribution in [-0.4, -0.2) is 6.54 Å². The molecule has 0 amide bonds. The Bertz CT molecular complexity index is 568. The van der Waals surface area contributed by atoms with E-state index in [0.29, 0.717) is 11.8 Å². The number of nitrogens with one attached hydrogen (secondary N) is 1. The Balaban J connectivity index is 2.31. The molecule has 0 saturated carbocycles. The van der Waals surface area contributed by atoms with Crippen molar-refractivity contribution in [3.05, 3.63) is 35.1 Å². The average Bonchev–Trinajstić information content (AvgIpc) is 2.75. The second kappa shape index (κ2) is 6.45. The molecule has 0 bridgehead atoms. The van der Waals surface area contributed by atoms with Gasteiger partial charge < -0.3 is 9.73 Å². The van der Waals surface area contributed by atoms with Gasteiger partial charge in [0.25, 0.3) is 0 Å². The van der Waals surface area contributed by atoms with Crippen molar-refractivity contribution in [2.75, 3.05) is 6.54 Å². The summed E-state index contributed by atoms with van der Waals surface area (Å²) < 4.78 is 6.17. The third-order valence-electron chi connectivity index (χ3n) is 4.07. The third kappa shape index (κ3) is 3.06. The summed E-state index contributed by atoms with van der Waals surface area (Å²) >= 11 is 0. The Kier molecular flexibility index (Phi) is 4.87. The lowest BCUT2D eigenvalue weighted by Gasteiger charge is -2.09. The van der Waals surface area contributed by atoms with Crippen LogP contribution in [-0.2, 0) is 6.54 Å². The van der Waals surface area contributed by atoms with Crippen LogP contribution >= 0.6 is 0 Å². The molecule has 110 valence electrons. The highest BCUT2D eigenvalue weighted by Gasteiger charge is 2.15. The zero-order chi connectivity index (χ0) is 14.7. The van der Waals surface area contributed by atoms with Crippen LogP contribution in [0.2, 0.25) is 0 Å². The molecule has 0 radical (unpaired) electrons. The molecule has 0 aliphatic heterocycles. The maximum atomic E-state index is 6.17. The number of fused-ring (bicyclic) bond motifs is 1. The van der Waals surface area contributed by atoms with Gasteiger partial charge in [0.2, 0.25) is 0 Å². The van der Waals surface area contributed by atoms with E-state index < -0.39 is 0 Å². The summed E-state index contributed by atoms with van der Waals surface area (Å²) in [5.41, 5.74) is 3.70. The van der Waals surface area contributed by atoms with Crippen LogP contribution in [0.25, 0.3) is 11.0 Å². The van der Waals surface area contributed by atoms with Gasteiger partial charge in [-0.1, -0.05) is 45.9 Å². The molecule has 1 heterocycles. The topological polar surface area (TPSA) is 25.2 Å². The highest BCUT2D eigenvalue weighted by atomic mass is 16.3. The summed E-state index contributed by atoms with van der Waals surface area (Å²) in [6.45, 7) is 12.9. The molecule has 2 heteroatoms. The van der Waals surface area contributed by atoms with Gasteiger partial charge >= 0.3 is 0 Å². The summed E-state index contributed by atoms with van der Waals surface area (Å²) in [6.07, 6.45) is 1.14. The van der Waals surface area contributed by atoms with E-state index in [2.05, 4.69) is 58.1 Å². The highest BCUT2D eigenvalue weighted by Crippen LogP contribution is 2.32. The minimum absolute atomic E-state index is 0.542. The Morgan fingerprint density at radius 1 is 1.20 bits per heavy atom. The van der Waals surface area contributed by atoms with Crippen LogP contribution in [0.1, 0.15) is 56.9 Å². The Morgan fingerprint density at radius 2 is 1.95 bits per heavy atom. The molecule has 1 atom stereocenters. The predicted molar refractivity (Wildman–Crippen MR) is 86.2 cm³/mol. The van der Waals surface area contributed by atoms with Crippen LogP contribution in [0.4, 0.5) is 0 Å². The number of para-hydroxylation sites is 1. The van der Waals surface area contributed by atoms with E-state index in [4.69, 9.17) is 4.42 Å². The molecule has 2 rings (SSSR count). The molecule has 0 saturated heterocycles. The first-order valence-corrected chi connectivity index (χ1v) is 7.76. The fourth-order valence-electron chi connectivity index (χ4n) is 2.57. The van der Waals surface area contributed by atoms with Gasteiger partial charge in [0.05, 0.1) is 6.54 Å². The number of aryl methyl sites for hydroxylation is 1. The highest BCUT2D eigenvalue weighted by molar-refractivity contribution is 5.85. The molecule has 1 aromatic heterocycles. The summed E-state index contributed by atoms with van der Waals surface area (Å²) in [4.78, 5) is 0. The minimum atomic E-state index is 0.542. The van der Waals surface area contributed by atoms with Crippen molar-refractivity contribution in [3.63, 3.8) is 0 Å². The maximum absolute atomic E-state index is 6.17. The number of furan rings is 1. The molecule has 20 heavy (non-hydrogen) atoms. The van der Waals surface area contributed by atoms with Gasteiger partial charge in [-0.3, -0.25) is 0 Å². The number of benzene rings is 1. The lowest BCUT2D eigenvalue weighted by molar-refractivity contribution is 0.480. The summed E-state index contributed by atoms with van der Waals surface area (Å²) in [5, 5.41) is 4.74. The fraction of sp³-hybridized carbons (Fsp3) is 0.556. The maximum Gasteiger partial charge on any atom is 0.138 e. The second-order valence-electron chi connectivity index (χ2n) is 6.21. The van der Waals surface area contributed by atoms with E-state index in [1.54, 1.807) is 0 Å². The normalized spacial score (nSPS) is 13.3. The Labute approximate surface area is 122 Å². The molecule has 0 spiro atoms. The van der Waals surface area contributed by atoms with E-state index >= 15 is 0 Å². The minimum Gasteiger partial charge on any atom is -0.459 e. The summed E-state index contributed by atoms with van der Waals surface area (Å²) in [7, 11) is 0. The molecular formula is C18H27NO. The van der Waals surface area contributed by atoms with Gasteiger partial charge in [-0.2, -0.15) is 0 Å². The first-order chi connectivity index (χ1) is 9.54. The fourth-order valence-corrected chi connectivity index (χ4v) is 2.57. The predicted octanol–water partition coefficient (Wildman–Crippen LogP) is 5.00. The van der Waals surface area contributed by atoms with Crippen LogP contribution in [0.15, 0.2) is 22.6 Å². The van der Waals surface area contributed by atoms with Gasteiger partial charge in [0.1, 0.15) is 11.3 Å². The third-order valence-corrected chi connectivity index (χ3v) is 4.07. The molecule has 1 N–H and O–H groups in total. The van der Waals surface area contributed by atoms with Gasteiger partial charge in [-0.25, -0.2) is 0 Å². The second-order valence-corrected chi connectivity index (χ2v) is 6.21. The van der Waals surface area contributed by atoms with Crippen LogP contribution in [0, 0.1) is 12.8 Å². The van der Waals surface area contributed by atoms with E-state index in [1.807, 2.05) is 0 Å². The quantitative estimate of drug-likeness (QED) is 0.801. The molecule has 1 aromatic carbocycles. The van der Waals surface area contributed by atoms with Crippen molar-refractivity contribution in [3.8, 4) is 0 Å². The average molecular weight is 273 g/mol. The van der Waals surface area contributed by atoms with Crippen molar-refractivity contribution < 1.29 is 4.42 Å². The van der Waals surface area contributed by atoms with Gasteiger partial charge in [-0.15, -0.1) is 0 Å². The molecule has 2 aromatic rings. The molecule has 2 nitrogen and oxygen atoms in total. The van der Waals surface area contributed by atoms with E-state index in [0.717, 1.165) is 30.9 Å². The number of hydrogen-bond acceptors (Lipinski definition) is 2. The zero-order valence-corrected chi connectivity index (χ0v) is 13.4. The van der Waals surface area contributed by atoms with E-state index in [9.17, 15) is 0 Å². The molecular weight excluding hydrogens is 246 g/mol. The van der Waals surface area contributed by atoms with Crippen molar-refractivity contribution in [2.45, 2.75) is 53.5 Å². The van der Waals surface area contributed by atoms with Crippen molar-refractivity contribution >= 4 is 11.0 Å². The van der Waals surface area contributed by atoms with Crippen molar-refractivity contribution in [1.29, 1.82) is 0 Å². The van der Waals surface area contributed by atoms with Crippen LogP contribution < -0.4 is 5.32 Å². The largest absolute Gasteiger partial charge is 0.459 e. The monoisotopic (exact) mass is 273 g/mol. The Morgan fingerprint density at radius 3 is 2.60 bits per heavy atom. The van der Waals surface area contributed by atoms with Crippen molar-refractivity contribution in [2.24, 2.45) is 5.92 Å². The van der Waals surface area contributed by atoms with Gasteiger partial charge in [0.15, 0.2) is 0 Å². The smallest absolute Gasteiger partial charge is 0.138 e. The number of rotatable bonds is 6. The van der Waals surface area contributed by atoms with Crippen LogP contribution in [0.3, 0.4) is 0 Å². The van der Waals surface area contributed by atoms with Gasteiger partial charge in [0, 0.05) is 5.39 Å². The molecule has 0 aliphatic carbocycles. The molecule has 0 fully saturated rings. The van der Waals surface area contributed by atoms with E-state index in [-0.39, 0.29) is 0 Å². The standard InChI is InChI=1S/C18H27NO/c1-6-13(4)15-8-7-9-16-14(5)17(20-18(15)16)11-19-10-12(2)3/h7-9,12-13,19H,6,10-11H2,1-5H3. The lowest BCUT2D eigenvalue weighted by Crippen LogP contribution is -2.18. The Hall–Kier alpha value is -1.28.